The van der Waals surface area contributed by atoms with Crippen LogP contribution in [0.4, 0.5) is 0 Å². The molecule has 1 saturated heterocycles. The van der Waals surface area contributed by atoms with Crippen molar-refractivity contribution in [1.82, 2.24) is 4.90 Å². The molecule has 2 aliphatic heterocycles. The van der Waals surface area contributed by atoms with Gasteiger partial charge in [0.1, 0.15) is 13.2 Å². The number of ether oxygens (including phenoxy) is 2. The topological polar surface area (TPSA) is 64.8 Å². The van der Waals surface area contributed by atoms with Crippen LogP contribution in [0.15, 0.2) is 18.2 Å². The molecule has 5 heteroatoms. The van der Waals surface area contributed by atoms with Crippen LogP contribution in [0.3, 0.4) is 0 Å². The predicted octanol–water partition coefficient (Wildman–Crippen LogP) is 0.488. The molecular weight excluding hydrogens is 232 g/mol. The van der Waals surface area contributed by atoms with Crippen LogP contribution >= 0.6 is 0 Å². The molecule has 0 spiro atoms. The van der Waals surface area contributed by atoms with Crippen molar-refractivity contribution in [2.45, 2.75) is 0 Å². The first-order chi connectivity index (χ1) is 8.78. The number of nitrogens with zero attached hydrogens (tertiary/aromatic N) is 1. The molecule has 1 aromatic rings. The van der Waals surface area contributed by atoms with Crippen LogP contribution < -0.4 is 15.2 Å². The second kappa shape index (κ2) is 4.49. The van der Waals surface area contributed by atoms with Crippen LogP contribution in [0.25, 0.3) is 0 Å². The van der Waals surface area contributed by atoms with Gasteiger partial charge in [0.25, 0.3) is 5.91 Å². The second-order valence-electron chi connectivity index (χ2n) is 4.67. The van der Waals surface area contributed by atoms with Gasteiger partial charge in [-0.3, -0.25) is 4.79 Å². The number of carbonyl (C=O) groups excluding carboxylic acids is 1. The van der Waals surface area contributed by atoms with Gasteiger partial charge in [-0.2, -0.15) is 0 Å². The van der Waals surface area contributed by atoms with E-state index in [1.54, 1.807) is 18.2 Å². The van der Waals surface area contributed by atoms with Gasteiger partial charge < -0.3 is 20.1 Å². The molecule has 1 fully saturated rings. The van der Waals surface area contributed by atoms with E-state index in [-0.39, 0.29) is 5.91 Å². The maximum absolute atomic E-state index is 12.2. The molecule has 18 heavy (non-hydrogen) atoms. The number of benzene rings is 1. The minimum atomic E-state index is 0.0386. The van der Waals surface area contributed by atoms with Crippen LogP contribution in [0.1, 0.15) is 10.4 Å². The highest BCUT2D eigenvalue weighted by molar-refractivity contribution is 5.95. The quantitative estimate of drug-likeness (QED) is 0.827. The lowest BCUT2D eigenvalue weighted by molar-refractivity contribution is 0.0514. The van der Waals surface area contributed by atoms with Crippen molar-refractivity contribution < 1.29 is 14.3 Å². The molecule has 0 aromatic heterocycles. The Kier molecular flexibility index (Phi) is 2.83. The Bertz CT molecular complexity index is 469. The van der Waals surface area contributed by atoms with E-state index in [1.165, 1.54) is 0 Å². The number of hydrogen-bond donors (Lipinski definition) is 1. The Morgan fingerprint density at radius 2 is 2.00 bits per heavy atom. The minimum Gasteiger partial charge on any atom is -0.486 e. The van der Waals surface area contributed by atoms with Crippen molar-refractivity contribution in [2.24, 2.45) is 11.7 Å². The molecule has 1 aromatic carbocycles. The Labute approximate surface area is 105 Å². The van der Waals surface area contributed by atoms with Crippen molar-refractivity contribution in [3.8, 4) is 11.5 Å². The van der Waals surface area contributed by atoms with Crippen LogP contribution in [-0.2, 0) is 0 Å². The van der Waals surface area contributed by atoms with E-state index in [0.29, 0.717) is 42.7 Å². The molecule has 2 aliphatic rings. The third kappa shape index (κ3) is 1.90. The zero-order valence-electron chi connectivity index (χ0n) is 10.1. The van der Waals surface area contributed by atoms with Crippen molar-refractivity contribution in [2.75, 3.05) is 32.8 Å². The summed E-state index contributed by atoms with van der Waals surface area (Å²) in [5, 5.41) is 0. The molecule has 0 bridgehead atoms. The Morgan fingerprint density at radius 1 is 1.28 bits per heavy atom. The molecular formula is C13H16N2O3. The second-order valence-corrected chi connectivity index (χ2v) is 4.67. The van der Waals surface area contributed by atoms with Gasteiger partial charge in [-0.05, 0) is 24.7 Å². The number of amides is 1. The van der Waals surface area contributed by atoms with Gasteiger partial charge >= 0.3 is 0 Å². The van der Waals surface area contributed by atoms with Crippen LogP contribution in [0.2, 0.25) is 0 Å². The molecule has 2 heterocycles. The van der Waals surface area contributed by atoms with Crippen LogP contribution in [-0.4, -0.2) is 43.7 Å². The largest absolute Gasteiger partial charge is 0.486 e. The first-order valence-corrected chi connectivity index (χ1v) is 6.17. The smallest absolute Gasteiger partial charge is 0.254 e. The first kappa shape index (κ1) is 11.3. The summed E-state index contributed by atoms with van der Waals surface area (Å²) in [5.41, 5.74) is 6.20. The van der Waals surface area contributed by atoms with E-state index in [0.717, 1.165) is 13.1 Å². The molecule has 0 saturated carbocycles. The molecule has 0 unspecified atom stereocenters. The average molecular weight is 248 g/mol. The molecule has 0 aliphatic carbocycles. The summed E-state index contributed by atoms with van der Waals surface area (Å²) < 4.78 is 10.9. The molecule has 0 radical (unpaired) electrons. The number of likely N-dealkylation sites (tertiary alicyclic amines) is 1. The van der Waals surface area contributed by atoms with E-state index in [9.17, 15) is 4.79 Å². The summed E-state index contributed by atoms with van der Waals surface area (Å²) in [5.74, 6) is 1.85. The average Bonchev–Trinajstić information content (AvgIpc) is 2.37. The Hall–Kier alpha value is -1.75. The van der Waals surface area contributed by atoms with Gasteiger partial charge in [0.15, 0.2) is 11.5 Å². The van der Waals surface area contributed by atoms with E-state index in [2.05, 4.69) is 0 Å². The zero-order chi connectivity index (χ0) is 12.5. The lowest BCUT2D eigenvalue weighted by Gasteiger charge is -2.38. The van der Waals surface area contributed by atoms with Gasteiger partial charge in [0, 0.05) is 24.6 Å². The molecule has 2 N–H and O–H groups in total. The fourth-order valence-electron chi connectivity index (χ4n) is 2.24. The summed E-state index contributed by atoms with van der Waals surface area (Å²) in [4.78, 5) is 14.0. The maximum Gasteiger partial charge on any atom is 0.254 e. The van der Waals surface area contributed by atoms with Gasteiger partial charge in [0.2, 0.25) is 0 Å². The van der Waals surface area contributed by atoms with E-state index >= 15 is 0 Å². The summed E-state index contributed by atoms with van der Waals surface area (Å²) in [6.07, 6.45) is 0. The molecule has 3 rings (SSSR count). The monoisotopic (exact) mass is 248 g/mol. The highest BCUT2D eigenvalue weighted by Crippen LogP contribution is 2.31. The normalized spacial score (nSPS) is 18.4. The number of rotatable bonds is 2. The summed E-state index contributed by atoms with van der Waals surface area (Å²) in [7, 11) is 0. The summed E-state index contributed by atoms with van der Waals surface area (Å²) in [6.45, 7) is 3.24. The predicted molar refractivity (Wildman–Crippen MR) is 65.9 cm³/mol. The third-order valence-corrected chi connectivity index (χ3v) is 3.37. The molecule has 0 atom stereocenters. The van der Waals surface area contributed by atoms with Crippen molar-refractivity contribution in [1.29, 1.82) is 0 Å². The SMILES string of the molecule is NCC1CN(C(=O)c2ccc3c(c2)OCCO3)C1. The van der Waals surface area contributed by atoms with E-state index in [1.807, 2.05) is 4.90 Å². The van der Waals surface area contributed by atoms with E-state index < -0.39 is 0 Å². The lowest BCUT2D eigenvalue weighted by atomic mass is 9.99. The van der Waals surface area contributed by atoms with Gasteiger partial charge in [-0.15, -0.1) is 0 Å². The summed E-state index contributed by atoms with van der Waals surface area (Å²) >= 11 is 0. The number of nitrogens with two attached hydrogens (primary N) is 1. The molecule has 1 amide bonds. The molecule has 96 valence electrons. The number of carbonyl (C=O) groups is 1. The maximum atomic E-state index is 12.2. The van der Waals surface area contributed by atoms with Crippen molar-refractivity contribution in [3.63, 3.8) is 0 Å². The van der Waals surface area contributed by atoms with Crippen molar-refractivity contribution >= 4 is 5.91 Å². The zero-order valence-corrected chi connectivity index (χ0v) is 10.1. The number of hydrogen-bond acceptors (Lipinski definition) is 4. The molecule has 5 nitrogen and oxygen atoms in total. The first-order valence-electron chi connectivity index (χ1n) is 6.17. The van der Waals surface area contributed by atoms with Gasteiger partial charge in [-0.1, -0.05) is 0 Å². The summed E-state index contributed by atoms with van der Waals surface area (Å²) in [6, 6.07) is 5.33. The Morgan fingerprint density at radius 3 is 2.72 bits per heavy atom. The van der Waals surface area contributed by atoms with E-state index in [4.69, 9.17) is 15.2 Å². The lowest BCUT2D eigenvalue weighted by Crippen LogP contribution is -2.52. The van der Waals surface area contributed by atoms with Gasteiger partial charge in [-0.25, -0.2) is 0 Å². The fourth-order valence-corrected chi connectivity index (χ4v) is 2.24. The standard InChI is InChI=1S/C13H16N2O3/c14-6-9-7-15(8-9)13(16)10-1-2-11-12(5-10)18-4-3-17-11/h1-2,5,9H,3-4,6-8,14H2. The Balaban J connectivity index is 1.74. The highest BCUT2D eigenvalue weighted by Gasteiger charge is 2.30. The number of fused-ring (bicyclic) bond motifs is 1. The third-order valence-electron chi connectivity index (χ3n) is 3.37. The van der Waals surface area contributed by atoms with Crippen LogP contribution in [0.5, 0.6) is 11.5 Å². The van der Waals surface area contributed by atoms with Crippen LogP contribution in [0, 0.1) is 5.92 Å². The van der Waals surface area contributed by atoms with Gasteiger partial charge in [0.05, 0.1) is 0 Å². The van der Waals surface area contributed by atoms with Crippen molar-refractivity contribution in [3.05, 3.63) is 23.8 Å². The minimum absolute atomic E-state index is 0.0386. The fraction of sp³-hybridized carbons (Fsp3) is 0.462. The highest BCUT2D eigenvalue weighted by atomic mass is 16.6.